The molecule has 17 heavy (non-hydrogen) atoms. The number of carbonyl (C=O) groups is 1. The molecule has 0 amide bonds. The first-order valence-corrected chi connectivity index (χ1v) is 6.12. The van der Waals surface area contributed by atoms with Crippen LogP contribution in [0, 0.1) is 5.92 Å². The minimum Gasteiger partial charge on any atom is -0.468 e. The molecule has 0 aromatic heterocycles. The Morgan fingerprint density at radius 1 is 1.24 bits per heavy atom. The van der Waals surface area contributed by atoms with Crippen molar-refractivity contribution in [3.63, 3.8) is 0 Å². The number of hydrogen-bond donors (Lipinski definition) is 1. The number of ether oxygens (including phenoxy) is 2. The van der Waals surface area contributed by atoms with Gasteiger partial charge in [-0.2, -0.15) is 0 Å². The summed E-state index contributed by atoms with van der Waals surface area (Å²) < 4.78 is 10.2. The first-order valence-electron chi connectivity index (χ1n) is 6.12. The minimum atomic E-state index is -0.261. The summed E-state index contributed by atoms with van der Waals surface area (Å²) >= 11 is 0. The quantitative estimate of drug-likeness (QED) is 0.697. The average Bonchev–Trinajstić information content (AvgIpc) is 2.24. The molecule has 0 aromatic rings. The molecule has 0 heterocycles. The molecule has 2 atom stereocenters. The highest BCUT2D eigenvalue weighted by Gasteiger charge is 2.27. The number of hydrogen-bond acceptors (Lipinski definition) is 4. The molecule has 0 radical (unpaired) electrons. The molecule has 0 spiro atoms. The van der Waals surface area contributed by atoms with Crippen molar-refractivity contribution >= 4 is 5.97 Å². The summed E-state index contributed by atoms with van der Waals surface area (Å²) in [4.78, 5) is 11.6. The fourth-order valence-corrected chi connectivity index (χ4v) is 1.85. The third kappa shape index (κ3) is 6.03. The lowest BCUT2D eigenvalue weighted by molar-refractivity contribution is -0.144. The van der Waals surface area contributed by atoms with E-state index in [1.807, 2.05) is 27.7 Å². The molecule has 0 fully saturated rings. The zero-order valence-electron chi connectivity index (χ0n) is 12.2. The molecule has 1 unspecified atom stereocenters. The Balaban J connectivity index is 4.41. The molecule has 0 saturated carbocycles. The monoisotopic (exact) mass is 245 g/mol. The van der Waals surface area contributed by atoms with Crippen LogP contribution >= 0.6 is 0 Å². The maximum absolute atomic E-state index is 11.6. The second-order valence-corrected chi connectivity index (χ2v) is 5.48. The average molecular weight is 245 g/mol. The minimum absolute atomic E-state index is 0.190. The van der Waals surface area contributed by atoms with E-state index in [0.29, 0.717) is 0 Å². The second-order valence-electron chi connectivity index (χ2n) is 5.48. The molecule has 102 valence electrons. The lowest BCUT2D eigenvalue weighted by Gasteiger charge is -2.30. The van der Waals surface area contributed by atoms with Crippen molar-refractivity contribution in [1.29, 1.82) is 0 Å². The van der Waals surface area contributed by atoms with E-state index in [1.54, 1.807) is 7.11 Å². The lowest BCUT2D eigenvalue weighted by atomic mass is 9.97. The largest absolute Gasteiger partial charge is 0.468 e. The van der Waals surface area contributed by atoms with Crippen LogP contribution in [0.4, 0.5) is 0 Å². The van der Waals surface area contributed by atoms with E-state index < -0.39 is 0 Å². The van der Waals surface area contributed by atoms with Gasteiger partial charge in [0.05, 0.1) is 12.7 Å². The topological polar surface area (TPSA) is 47.6 Å². The van der Waals surface area contributed by atoms with E-state index in [0.717, 1.165) is 6.42 Å². The van der Waals surface area contributed by atoms with Crippen LogP contribution in [0.1, 0.15) is 41.0 Å². The lowest BCUT2D eigenvalue weighted by Crippen LogP contribution is -2.48. The smallest absolute Gasteiger partial charge is 0.323 e. The van der Waals surface area contributed by atoms with E-state index in [2.05, 4.69) is 12.2 Å². The molecule has 4 heteroatoms. The number of nitrogens with one attached hydrogen (secondary N) is 1. The van der Waals surface area contributed by atoms with Gasteiger partial charge in [-0.05, 0) is 33.1 Å². The highest BCUT2D eigenvalue weighted by atomic mass is 16.5. The molecular weight excluding hydrogens is 218 g/mol. The van der Waals surface area contributed by atoms with Gasteiger partial charge in [0.15, 0.2) is 0 Å². The fourth-order valence-electron chi connectivity index (χ4n) is 1.85. The normalized spacial score (nSPS) is 15.8. The van der Waals surface area contributed by atoms with E-state index in [4.69, 9.17) is 9.47 Å². The summed E-state index contributed by atoms with van der Waals surface area (Å²) in [5, 5.41) is 3.30. The van der Waals surface area contributed by atoms with Gasteiger partial charge in [0.1, 0.15) is 6.04 Å². The molecule has 0 aliphatic rings. The van der Waals surface area contributed by atoms with Gasteiger partial charge in [0, 0.05) is 13.2 Å². The molecule has 1 N–H and O–H groups in total. The maximum atomic E-state index is 11.6. The van der Waals surface area contributed by atoms with Gasteiger partial charge in [-0.25, -0.2) is 0 Å². The van der Waals surface area contributed by atoms with E-state index >= 15 is 0 Å². The Hall–Kier alpha value is -0.610. The Labute approximate surface area is 105 Å². The number of rotatable bonds is 7. The van der Waals surface area contributed by atoms with Gasteiger partial charge in [0.25, 0.3) is 0 Å². The van der Waals surface area contributed by atoms with Crippen molar-refractivity contribution in [2.45, 2.75) is 58.7 Å². The van der Waals surface area contributed by atoms with Crippen LogP contribution in [0.3, 0.4) is 0 Å². The van der Waals surface area contributed by atoms with Crippen LogP contribution in [0.5, 0.6) is 0 Å². The maximum Gasteiger partial charge on any atom is 0.323 e. The Morgan fingerprint density at radius 3 is 2.12 bits per heavy atom. The summed E-state index contributed by atoms with van der Waals surface area (Å²) in [6.45, 7) is 10.1. The van der Waals surface area contributed by atoms with Gasteiger partial charge in [0.2, 0.25) is 0 Å². The molecular formula is C13H27NO3. The van der Waals surface area contributed by atoms with E-state index in [-0.39, 0.29) is 29.6 Å². The Kier molecular flexibility index (Phi) is 6.72. The molecule has 0 bridgehead atoms. The van der Waals surface area contributed by atoms with Crippen molar-refractivity contribution in [1.82, 2.24) is 5.32 Å². The molecule has 0 saturated heterocycles. The van der Waals surface area contributed by atoms with Crippen LogP contribution in [-0.4, -0.2) is 37.9 Å². The van der Waals surface area contributed by atoms with Gasteiger partial charge in [-0.15, -0.1) is 0 Å². The van der Waals surface area contributed by atoms with Crippen molar-refractivity contribution < 1.29 is 14.3 Å². The van der Waals surface area contributed by atoms with Gasteiger partial charge in [-0.1, -0.05) is 13.8 Å². The van der Waals surface area contributed by atoms with Gasteiger partial charge in [-0.3, -0.25) is 4.79 Å². The number of esters is 1. The zero-order chi connectivity index (χ0) is 13.6. The van der Waals surface area contributed by atoms with Crippen molar-refractivity contribution in [3.05, 3.63) is 0 Å². The van der Waals surface area contributed by atoms with Crippen molar-refractivity contribution in [2.24, 2.45) is 5.92 Å². The Morgan fingerprint density at radius 2 is 1.76 bits per heavy atom. The zero-order valence-corrected chi connectivity index (χ0v) is 12.2. The molecule has 0 rings (SSSR count). The molecule has 0 aromatic carbocycles. The highest BCUT2D eigenvalue weighted by molar-refractivity contribution is 5.75. The van der Waals surface area contributed by atoms with Gasteiger partial charge >= 0.3 is 5.97 Å². The molecule has 0 aliphatic heterocycles. The van der Waals surface area contributed by atoms with E-state index in [9.17, 15) is 4.79 Å². The number of methoxy groups -OCH3 is 2. The predicted octanol–water partition coefficient (Wildman–Crippen LogP) is 1.98. The SMILES string of the molecule is COC(=O)[C@@H](NC(C)CC(C)(C)OC)C(C)C. The third-order valence-corrected chi connectivity index (χ3v) is 2.94. The second kappa shape index (κ2) is 6.97. The van der Waals surface area contributed by atoms with Crippen molar-refractivity contribution in [2.75, 3.05) is 14.2 Å². The number of carbonyl (C=O) groups excluding carboxylic acids is 1. The van der Waals surface area contributed by atoms with E-state index in [1.165, 1.54) is 7.11 Å². The predicted molar refractivity (Wildman–Crippen MR) is 68.9 cm³/mol. The summed E-state index contributed by atoms with van der Waals surface area (Å²) in [5.74, 6) is -0.00219. The molecule has 0 aliphatic carbocycles. The summed E-state index contributed by atoms with van der Waals surface area (Å²) in [7, 11) is 3.12. The van der Waals surface area contributed by atoms with Crippen LogP contribution in [0.2, 0.25) is 0 Å². The van der Waals surface area contributed by atoms with Crippen LogP contribution in [0.25, 0.3) is 0 Å². The highest BCUT2D eigenvalue weighted by Crippen LogP contribution is 2.16. The fraction of sp³-hybridized carbons (Fsp3) is 0.923. The summed E-state index contributed by atoms with van der Waals surface area (Å²) in [6, 6.07) is -0.0703. The summed E-state index contributed by atoms with van der Waals surface area (Å²) in [5.41, 5.74) is -0.190. The first-order chi connectivity index (χ1) is 7.73. The molecule has 4 nitrogen and oxygen atoms in total. The van der Waals surface area contributed by atoms with Crippen LogP contribution in [0.15, 0.2) is 0 Å². The summed E-state index contributed by atoms with van der Waals surface area (Å²) in [6.07, 6.45) is 0.837. The van der Waals surface area contributed by atoms with Crippen LogP contribution < -0.4 is 5.32 Å². The van der Waals surface area contributed by atoms with Crippen molar-refractivity contribution in [3.8, 4) is 0 Å². The Bertz CT molecular complexity index is 239. The van der Waals surface area contributed by atoms with Gasteiger partial charge < -0.3 is 14.8 Å². The standard InChI is InChI=1S/C13H27NO3/c1-9(2)11(12(15)16-6)14-10(3)8-13(4,5)17-7/h9-11,14H,8H2,1-7H3/t10?,11-/m0/s1. The first kappa shape index (κ1) is 16.4. The van der Waals surface area contributed by atoms with Crippen LogP contribution in [-0.2, 0) is 14.3 Å². The third-order valence-electron chi connectivity index (χ3n) is 2.94.